The molecule has 0 bridgehead atoms. The smallest absolute Gasteiger partial charge is 0.132 e. The van der Waals surface area contributed by atoms with E-state index in [0.29, 0.717) is 5.41 Å². The van der Waals surface area contributed by atoms with Crippen molar-refractivity contribution < 1.29 is 0 Å². The zero-order valence-electron chi connectivity index (χ0n) is 10.9. The first-order valence-electron chi connectivity index (χ1n) is 7.07. The molecule has 1 saturated carbocycles. The van der Waals surface area contributed by atoms with E-state index in [1.165, 1.54) is 69.6 Å². The van der Waals surface area contributed by atoms with Gasteiger partial charge in [0.15, 0.2) is 0 Å². The Bertz CT molecular complexity index is 387. The van der Waals surface area contributed by atoms with Crippen LogP contribution >= 0.6 is 11.5 Å². The molecule has 0 unspecified atom stereocenters. The van der Waals surface area contributed by atoms with Crippen LogP contribution in [0.2, 0.25) is 0 Å². The van der Waals surface area contributed by atoms with Crippen LogP contribution in [0.4, 0.5) is 5.00 Å². The van der Waals surface area contributed by atoms with E-state index in [4.69, 9.17) is 5.73 Å². The van der Waals surface area contributed by atoms with E-state index in [9.17, 15) is 0 Å². The summed E-state index contributed by atoms with van der Waals surface area (Å²) in [7, 11) is 0. The van der Waals surface area contributed by atoms with Gasteiger partial charge in [0.2, 0.25) is 0 Å². The van der Waals surface area contributed by atoms with Gasteiger partial charge in [0, 0.05) is 18.1 Å². The molecule has 0 radical (unpaired) electrons. The van der Waals surface area contributed by atoms with E-state index in [0.717, 1.165) is 17.2 Å². The Morgan fingerprint density at radius 1 is 1.11 bits per heavy atom. The summed E-state index contributed by atoms with van der Waals surface area (Å²) in [5.41, 5.74) is 7.51. The van der Waals surface area contributed by atoms with Crippen molar-refractivity contribution in [3.8, 4) is 0 Å². The van der Waals surface area contributed by atoms with Gasteiger partial charge in [-0.1, -0.05) is 23.8 Å². The number of likely N-dealkylation sites (tertiary alicyclic amines) is 1. The zero-order chi connectivity index (χ0) is 12.4. The van der Waals surface area contributed by atoms with E-state index in [1.54, 1.807) is 0 Å². The molecule has 2 heterocycles. The van der Waals surface area contributed by atoms with Gasteiger partial charge in [0.1, 0.15) is 10.7 Å². The SMILES string of the molecule is Nc1snnc1CN1CCC2(CCCCC2)CC1. The summed E-state index contributed by atoms with van der Waals surface area (Å²) in [6.07, 6.45) is 10.00. The number of nitrogens with zero attached hydrogens (tertiary/aromatic N) is 3. The minimum absolute atomic E-state index is 0.681. The molecule has 0 atom stereocenters. The van der Waals surface area contributed by atoms with Gasteiger partial charge in [0.25, 0.3) is 0 Å². The fraction of sp³-hybridized carbons (Fsp3) is 0.846. The summed E-state index contributed by atoms with van der Waals surface area (Å²) < 4.78 is 3.91. The number of anilines is 1. The molecule has 1 aromatic heterocycles. The molecule has 5 heteroatoms. The highest BCUT2D eigenvalue weighted by Gasteiger charge is 2.35. The standard InChI is InChI=1S/C13H22N4S/c14-12-11(15-16-18-12)10-17-8-6-13(7-9-17)4-2-1-3-5-13/h1-10,14H2. The largest absolute Gasteiger partial charge is 0.388 e. The summed E-state index contributed by atoms with van der Waals surface area (Å²) in [4.78, 5) is 2.49. The monoisotopic (exact) mass is 266 g/mol. The maximum atomic E-state index is 5.86. The second-order valence-corrected chi connectivity index (χ2v) is 6.71. The number of hydrogen-bond acceptors (Lipinski definition) is 5. The summed E-state index contributed by atoms with van der Waals surface area (Å²) in [5, 5.41) is 4.90. The molecule has 2 fully saturated rings. The molecular weight excluding hydrogens is 244 g/mol. The lowest BCUT2D eigenvalue weighted by Gasteiger charge is -2.44. The Balaban J connectivity index is 1.55. The van der Waals surface area contributed by atoms with Crippen LogP contribution < -0.4 is 5.73 Å². The molecule has 2 N–H and O–H groups in total. The molecule has 1 spiro atoms. The molecule has 1 aliphatic carbocycles. The van der Waals surface area contributed by atoms with Crippen LogP contribution in [0.5, 0.6) is 0 Å². The van der Waals surface area contributed by atoms with Gasteiger partial charge in [-0.15, -0.1) is 5.10 Å². The predicted octanol–water partition coefficient (Wildman–Crippen LogP) is 2.67. The molecule has 4 nitrogen and oxygen atoms in total. The van der Waals surface area contributed by atoms with Crippen molar-refractivity contribution in [3.63, 3.8) is 0 Å². The number of piperidine rings is 1. The minimum Gasteiger partial charge on any atom is -0.388 e. The third kappa shape index (κ3) is 2.52. The van der Waals surface area contributed by atoms with Gasteiger partial charge in [-0.05, 0) is 44.2 Å². The number of nitrogen functional groups attached to an aromatic ring is 1. The lowest BCUT2D eigenvalue weighted by molar-refractivity contribution is 0.0636. The number of hydrogen-bond donors (Lipinski definition) is 1. The van der Waals surface area contributed by atoms with Gasteiger partial charge in [-0.25, -0.2) is 0 Å². The molecule has 2 aliphatic rings. The highest BCUT2D eigenvalue weighted by molar-refractivity contribution is 7.09. The molecule has 1 saturated heterocycles. The number of aromatic nitrogens is 2. The molecule has 1 aliphatic heterocycles. The molecule has 0 amide bonds. The van der Waals surface area contributed by atoms with E-state index in [-0.39, 0.29) is 0 Å². The second-order valence-electron chi connectivity index (χ2n) is 5.92. The Morgan fingerprint density at radius 3 is 2.44 bits per heavy atom. The van der Waals surface area contributed by atoms with Gasteiger partial charge in [0.05, 0.1) is 0 Å². The lowest BCUT2D eigenvalue weighted by atomic mass is 9.68. The fourth-order valence-electron chi connectivity index (χ4n) is 3.52. The van der Waals surface area contributed by atoms with Gasteiger partial charge < -0.3 is 5.73 Å². The van der Waals surface area contributed by atoms with Crippen LogP contribution in [-0.2, 0) is 6.54 Å². The summed E-state index contributed by atoms with van der Waals surface area (Å²) in [5.74, 6) is 0. The van der Waals surface area contributed by atoms with Crippen LogP contribution in [0.3, 0.4) is 0 Å². The Labute approximate surface area is 113 Å². The first-order valence-corrected chi connectivity index (χ1v) is 7.84. The normalized spacial score (nSPS) is 24.4. The third-order valence-corrected chi connectivity index (χ3v) is 5.39. The topological polar surface area (TPSA) is 55.0 Å². The maximum Gasteiger partial charge on any atom is 0.132 e. The number of rotatable bonds is 2. The van der Waals surface area contributed by atoms with Crippen LogP contribution in [0.15, 0.2) is 0 Å². The lowest BCUT2D eigenvalue weighted by Crippen LogP contribution is -2.40. The summed E-state index contributed by atoms with van der Waals surface area (Å²) in [6.45, 7) is 3.30. The molecule has 3 rings (SSSR count). The average Bonchev–Trinajstić information content (AvgIpc) is 2.79. The third-order valence-electron chi connectivity index (χ3n) is 4.79. The number of nitrogens with two attached hydrogens (primary N) is 1. The molecule has 18 heavy (non-hydrogen) atoms. The fourth-order valence-corrected chi connectivity index (χ4v) is 3.96. The van der Waals surface area contributed by atoms with Crippen LogP contribution in [0, 0.1) is 5.41 Å². The molecule has 1 aromatic rings. The Morgan fingerprint density at radius 2 is 1.83 bits per heavy atom. The summed E-state index contributed by atoms with van der Waals surface area (Å²) in [6, 6.07) is 0. The van der Waals surface area contributed by atoms with E-state index in [1.807, 2.05) is 0 Å². The van der Waals surface area contributed by atoms with Crippen molar-refractivity contribution >= 4 is 16.5 Å². The Kier molecular flexibility index (Phi) is 3.52. The zero-order valence-corrected chi connectivity index (χ0v) is 11.7. The minimum atomic E-state index is 0.681. The van der Waals surface area contributed by atoms with E-state index in [2.05, 4.69) is 14.5 Å². The van der Waals surface area contributed by atoms with Crippen LogP contribution in [-0.4, -0.2) is 27.6 Å². The van der Waals surface area contributed by atoms with Crippen molar-refractivity contribution in [3.05, 3.63) is 5.69 Å². The van der Waals surface area contributed by atoms with E-state index < -0.39 is 0 Å². The molecule has 0 aromatic carbocycles. The highest BCUT2D eigenvalue weighted by Crippen LogP contribution is 2.44. The Hall–Kier alpha value is -0.680. The first-order chi connectivity index (χ1) is 8.77. The van der Waals surface area contributed by atoms with Gasteiger partial charge >= 0.3 is 0 Å². The van der Waals surface area contributed by atoms with Crippen LogP contribution in [0.1, 0.15) is 50.6 Å². The molecule has 100 valence electrons. The molecular formula is C13H22N4S. The second kappa shape index (κ2) is 5.13. The van der Waals surface area contributed by atoms with Crippen molar-refractivity contribution in [2.24, 2.45) is 5.41 Å². The summed E-state index contributed by atoms with van der Waals surface area (Å²) >= 11 is 1.30. The quantitative estimate of drug-likeness (QED) is 0.894. The van der Waals surface area contributed by atoms with Gasteiger partial charge in [-0.3, -0.25) is 4.90 Å². The average molecular weight is 266 g/mol. The predicted molar refractivity (Wildman–Crippen MR) is 74.4 cm³/mol. The van der Waals surface area contributed by atoms with Crippen LogP contribution in [0.25, 0.3) is 0 Å². The highest BCUT2D eigenvalue weighted by atomic mass is 32.1. The van der Waals surface area contributed by atoms with Crippen molar-refractivity contribution in [1.82, 2.24) is 14.5 Å². The van der Waals surface area contributed by atoms with E-state index >= 15 is 0 Å². The van der Waals surface area contributed by atoms with Gasteiger partial charge in [-0.2, -0.15) is 0 Å². The maximum absolute atomic E-state index is 5.86. The van der Waals surface area contributed by atoms with Crippen molar-refractivity contribution in [2.45, 2.75) is 51.5 Å². The van der Waals surface area contributed by atoms with Crippen molar-refractivity contribution in [1.29, 1.82) is 0 Å². The first kappa shape index (κ1) is 12.4. The van der Waals surface area contributed by atoms with Crippen molar-refractivity contribution in [2.75, 3.05) is 18.8 Å².